The van der Waals surface area contributed by atoms with E-state index in [-0.39, 0.29) is 11.2 Å². The number of benzene rings is 2. The summed E-state index contributed by atoms with van der Waals surface area (Å²) in [6.45, 7) is 1.85. The van der Waals surface area contributed by atoms with Crippen molar-refractivity contribution < 1.29 is 4.79 Å². The Morgan fingerprint density at radius 2 is 2.00 bits per heavy atom. The average Bonchev–Trinajstić information content (AvgIpc) is 3.43. The minimum Gasteiger partial charge on any atom is -0.325 e. The molecule has 1 aliphatic carbocycles. The number of carbonyl (C=O) groups excluding carboxylic acids is 1. The van der Waals surface area contributed by atoms with E-state index in [1.165, 1.54) is 11.8 Å². The summed E-state index contributed by atoms with van der Waals surface area (Å²) >= 11 is 7.33. The Kier molecular flexibility index (Phi) is 5.18. The fourth-order valence-corrected chi connectivity index (χ4v) is 3.69. The van der Waals surface area contributed by atoms with Gasteiger partial charge < -0.3 is 5.32 Å². The summed E-state index contributed by atoms with van der Waals surface area (Å²) in [6, 6.07) is 17.1. The van der Waals surface area contributed by atoms with E-state index in [2.05, 4.69) is 10.4 Å². The highest BCUT2D eigenvalue weighted by Gasteiger charge is 2.31. The molecule has 1 amide bonds. The van der Waals surface area contributed by atoms with Crippen molar-refractivity contribution in [1.82, 2.24) is 14.8 Å². The summed E-state index contributed by atoms with van der Waals surface area (Å²) in [7, 11) is 0. The smallest absolute Gasteiger partial charge is 0.237 e. The van der Waals surface area contributed by atoms with Crippen LogP contribution < -0.4 is 5.32 Å². The first-order valence-electron chi connectivity index (χ1n) is 8.85. The lowest BCUT2D eigenvalue weighted by Crippen LogP contribution is -2.22. The van der Waals surface area contributed by atoms with Crippen LogP contribution >= 0.6 is 23.4 Å². The van der Waals surface area contributed by atoms with Crippen LogP contribution in [0.25, 0.3) is 5.69 Å². The SMILES string of the molecule is C[C@@H](Sc1nc(C2CC2)n(-c2ccccc2)n1)C(=O)Nc1cccc(Cl)c1. The average molecular weight is 399 g/mol. The van der Waals surface area contributed by atoms with E-state index in [1.54, 1.807) is 18.2 Å². The number of anilines is 1. The molecule has 0 unspecified atom stereocenters. The lowest BCUT2D eigenvalue weighted by atomic mass is 10.3. The number of hydrogen-bond acceptors (Lipinski definition) is 4. The fraction of sp³-hybridized carbons (Fsp3) is 0.250. The number of para-hydroxylation sites is 1. The quantitative estimate of drug-likeness (QED) is 0.599. The number of carbonyl (C=O) groups is 1. The molecule has 27 heavy (non-hydrogen) atoms. The number of nitrogens with zero attached hydrogens (tertiary/aromatic N) is 3. The van der Waals surface area contributed by atoms with Gasteiger partial charge in [0.2, 0.25) is 11.1 Å². The summed E-state index contributed by atoms with van der Waals surface area (Å²) in [4.78, 5) is 17.2. The first-order valence-corrected chi connectivity index (χ1v) is 10.1. The van der Waals surface area contributed by atoms with Gasteiger partial charge in [0.25, 0.3) is 0 Å². The molecule has 1 heterocycles. The van der Waals surface area contributed by atoms with Gasteiger partial charge in [-0.2, -0.15) is 0 Å². The van der Waals surface area contributed by atoms with E-state index in [9.17, 15) is 4.79 Å². The van der Waals surface area contributed by atoms with Crippen molar-refractivity contribution in [2.24, 2.45) is 0 Å². The van der Waals surface area contributed by atoms with Crippen LogP contribution in [-0.4, -0.2) is 25.9 Å². The number of nitrogens with one attached hydrogen (secondary N) is 1. The molecule has 4 rings (SSSR count). The molecule has 0 saturated heterocycles. The Balaban J connectivity index is 1.49. The van der Waals surface area contributed by atoms with Gasteiger partial charge in [0, 0.05) is 16.6 Å². The van der Waals surface area contributed by atoms with Crippen LogP contribution in [0.5, 0.6) is 0 Å². The summed E-state index contributed by atoms with van der Waals surface area (Å²) < 4.78 is 1.90. The molecule has 3 aromatic rings. The lowest BCUT2D eigenvalue weighted by Gasteiger charge is -2.10. The van der Waals surface area contributed by atoms with Crippen LogP contribution in [0.2, 0.25) is 5.02 Å². The van der Waals surface area contributed by atoms with E-state index in [0.29, 0.717) is 21.8 Å². The third kappa shape index (κ3) is 4.34. The molecule has 1 atom stereocenters. The molecule has 5 nitrogen and oxygen atoms in total. The van der Waals surface area contributed by atoms with Crippen LogP contribution in [0.3, 0.4) is 0 Å². The minimum atomic E-state index is -0.331. The Labute approximate surface area is 167 Å². The van der Waals surface area contributed by atoms with Crippen molar-refractivity contribution in [3.8, 4) is 5.69 Å². The third-order valence-electron chi connectivity index (χ3n) is 4.30. The van der Waals surface area contributed by atoms with Gasteiger partial charge in [0.05, 0.1) is 10.9 Å². The van der Waals surface area contributed by atoms with Crippen LogP contribution in [0, 0.1) is 0 Å². The van der Waals surface area contributed by atoms with E-state index in [1.807, 2.05) is 48.0 Å². The van der Waals surface area contributed by atoms with Crippen LogP contribution in [-0.2, 0) is 4.79 Å². The molecule has 0 radical (unpaired) electrons. The van der Waals surface area contributed by atoms with Gasteiger partial charge in [0.1, 0.15) is 5.82 Å². The van der Waals surface area contributed by atoms with Crippen molar-refractivity contribution in [2.75, 3.05) is 5.32 Å². The maximum absolute atomic E-state index is 12.5. The fourth-order valence-electron chi connectivity index (χ4n) is 2.74. The highest BCUT2D eigenvalue weighted by Crippen LogP contribution is 2.40. The minimum absolute atomic E-state index is 0.105. The van der Waals surface area contributed by atoms with E-state index in [0.717, 1.165) is 24.4 Å². The molecule has 0 spiro atoms. The highest BCUT2D eigenvalue weighted by molar-refractivity contribution is 8.00. The largest absolute Gasteiger partial charge is 0.325 e. The number of rotatable bonds is 6. The van der Waals surface area contributed by atoms with Gasteiger partial charge in [-0.05, 0) is 50.1 Å². The monoisotopic (exact) mass is 398 g/mol. The van der Waals surface area contributed by atoms with Gasteiger partial charge >= 0.3 is 0 Å². The Hall–Kier alpha value is -2.31. The molecule has 1 fully saturated rings. The van der Waals surface area contributed by atoms with Crippen LogP contribution in [0.1, 0.15) is 31.5 Å². The molecule has 1 aromatic heterocycles. The topological polar surface area (TPSA) is 59.8 Å². The van der Waals surface area contributed by atoms with Crippen LogP contribution in [0.15, 0.2) is 59.8 Å². The Morgan fingerprint density at radius 1 is 1.22 bits per heavy atom. The molecular weight excluding hydrogens is 380 g/mol. The van der Waals surface area contributed by atoms with E-state index >= 15 is 0 Å². The first-order chi connectivity index (χ1) is 13.1. The standard InChI is InChI=1S/C20H19ClN4OS/c1-13(19(26)22-16-7-5-6-15(21)12-16)27-20-23-18(14-10-11-14)25(24-20)17-8-3-2-4-9-17/h2-9,12-14H,10-11H2,1H3,(H,22,26)/t13-/m1/s1. The molecule has 1 N–H and O–H groups in total. The van der Waals surface area contributed by atoms with Crippen molar-refractivity contribution in [2.45, 2.75) is 36.1 Å². The molecule has 2 aromatic carbocycles. The second kappa shape index (κ2) is 7.74. The van der Waals surface area contributed by atoms with Gasteiger partial charge in [-0.1, -0.05) is 47.6 Å². The lowest BCUT2D eigenvalue weighted by molar-refractivity contribution is -0.115. The van der Waals surface area contributed by atoms with Gasteiger partial charge in [-0.15, -0.1) is 5.10 Å². The van der Waals surface area contributed by atoms with E-state index < -0.39 is 0 Å². The summed E-state index contributed by atoms with van der Waals surface area (Å²) in [5.74, 6) is 1.33. The molecule has 0 aliphatic heterocycles. The number of amides is 1. The predicted octanol–water partition coefficient (Wildman–Crippen LogP) is 4.92. The molecule has 1 aliphatic rings. The summed E-state index contributed by atoms with van der Waals surface area (Å²) in [5, 5.41) is 8.41. The number of thioether (sulfide) groups is 1. The molecule has 0 bridgehead atoms. The molecule has 138 valence electrons. The zero-order valence-electron chi connectivity index (χ0n) is 14.8. The number of hydrogen-bond donors (Lipinski definition) is 1. The van der Waals surface area contributed by atoms with Crippen molar-refractivity contribution >= 4 is 35.0 Å². The molecular formula is C20H19ClN4OS. The zero-order chi connectivity index (χ0) is 18.8. The molecule has 1 saturated carbocycles. The van der Waals surface area contributed by atoms with E-state index in [4.69, 9.17) is 16.6 Å². The van der Waals surface area contributed by atoms with Crippen molar-refractivity contribution in [3.63, 3.8) is 0 Å². The summed E-state index contributed by atoms with van der Waals surface area (Å²) in [6.07, 6.45) is 2.28. The zero-order valence-corrected chi connectivity index (χ0v) is 16.4. The molecule has 7 heteroatoms. The normalized spacial score (nSPS) is 14.7. The predicted molar refractivity (Wildman–Crippen MR) is 109 cm³/mol. The second-order valence-electron chi connectivity index (χ2n) is 6.53. The Morgan fingerprint density at radius 3 is 2.70 bits per heavy atom. The Bertz CT molecular complexity index is 956. The van der Waals surface area contributed by atoms with Crippen LogP contribution in [0.4, 0.5) is 5.69 Å². The number of halogens is 1. The highest BCUT2D eigenvalue weighted by atomic mass is 35.5. The van der Waals surface area contributed by atoms with Gasteiger partial charge in [-0.25, -0.2) is 9.67 Å². The number of aromatic nitrogens is 3. The third-order valence-corrected chi connectivity index (χ3v) is 5.49. The van der Waals surface area contributed by atoms with Crippen molar-refractivity contribution in [3.05, 3.63) is 65.4 Å². The van der Waals surface area contributed by atoms with Crippen molar-refractivity contribution in [1.29, 1.82) is 0 Å². The second-order valence-corrected chi connectivity index (χ2v) is 8.28. The van der Waals surface area contributed by atoms with Gasteiger partial charge in [0.15, 0.2) is 0 Å². The maximum atomic E-state index is 12.5. The first kappa shape index (κ1) is 18.1. The maximum Gasteiger partial charge on any atom is 0.237 e. The summed E-state index contributed by atoms with van der Waals surface area (Å²) in [5.41, 5.74) is 1.68. The van der Waals surface area contributed by atoms with Gasteiger partial charge in [-0.3, -0.25) is 4.79 Å².